The second kappa shape index (κ2) is 5.64. The van der Waals surface area contributed by atoms with Crippen molar-refractivity contribution in [2.24, 2.45) is 5.41 Å². The largest absolute Gasteiger partial charge is 0.480 e. The van der Waals surface area contributed by atoms with E-state index in [1.165, 1.54) is 0 Å². The second-order valence-corrected chi connectivity index (χ2v) is 5.86. The molecule has 0 spiro atoms. The predicted molar refractivity (Wildman–Crippen MR) is 66.6 cm³/mol. The van der Waals surface area contributed by atoms with Gasteiger partial charge in [0.1, 0.15) is 6.04 Å². The van der Waals surface area contributed by atoms with Gasteiger partial charge in [-0.15, -0.1) is 0 Å². The highest BCUT2D eigenvalue weighted by Crippen LogP contribution is 2.32. The van der Waals surface area contributed by atoms with Gasteiger partial charge in [-0.25, -0.2) is 0 Å². The van der Waals surface area contributed by atoms with Gasteiger partial charge in [-0.3, -0.25) is 4.79 Å². The normalized spacial score (nSPS) is 14.9. The third kappa shape index (κ3) is 5.47. The zero-order valence-corrected chi connectivity index (χ0v) is 11.3. The van der Waals surface area contributed by atoms with Crippen molar-refractivity contribution in [3.8, 4) is 0 Å². The summed E-state index contributed by atoms with van der Waals surface area (Å²) < 4.78 is 0. The molecule has 0 aromatic heterocycles. The van der Waals surface area contributed by atoms with Gasteiger partial charge in [0.25, 0.3) is 0 Å². The molecular formula is C12H26N2O2. The summed E-state index contributed by atoms with van der Waals surface area (Å²) in [6.45, 7) is 8.48. The molecule has 0 aliphatic carbocycles. The highest BCUT2D eigenvalue weighted by Gasteiger charge is 2.31. The predicted octanol–water partition coefficient (Wildman–Crippen LogP) is 1.46. The van der Waals surface area contributed by atoms with Crippen LogP contribution in [0.3, 0.4) is 0 Å². The van der Waals surface area contributed by atoms with E-state index in [0.717, 1.165) is 6.42 Å². The van der Waals surface area contributed by atoms with Crippen molar-refractivity contribution in [2.75, 3.05) is 14.1 Å². The molecular weight excluding hydrogens is 204 g/mol. The molecule has 4 nitrogen and oxygen atoms in total. The first-order chi connectivity index (χ1) is 7.13. The lowest BCUT2D eigenvalue weighted by Gasteiger charge is -2.36. The van der Waals surface area contributed by atoms with E-state index in [-0.39, 0.29) is 11.0 Å². The Kier molecular flexibility index (Phi) is 5.42. The number of carboxylic acid groups (broad SMARTS) is 1. The number of hydrogen-bond acceptors (Lipinski definition) is 3. The van der Waals surface area contributed by atoms with E-state index in [1.54, 1.807) is 7.05 Å². The Labute approximate surface area is 98.8 Å². The molecule has 1 atom stereocenters. The zero-order chi connectivity index (χ0) is 13.0. The van der Waals surface area contributed by atoms with Crippen molar-refractivity contribution in [1.29, 1.82) is 0 Å². The molecule has 0 saturated heterocycles. The Morgan fingerprint density at radius 1 is 1.25 bits per heavy atom. The third-order valence-corrected chi connectivity index (χ3v) is 3.00. The van der Waals surface area contributed by atoms with Gasteiger partial charge in [-0.05, 0) is 46.2 Å². The van der Waals surface area contributed by atoms with Crippen LogP contribution in [0.2, 0.25) is 0 Å². The van der Waals surface area contributed by atoms with Crippen LogP contribution in [0, 0.1) is 5.41 Å². The average molecular weight is 230 g/mol. The number of nitrogens with one attached hydrogen (secondary N) is 2. The quantitative estimate of drug-likeness (QED) is 0.620. The summed E-state index contributed by atoms with van der Waals surface area (Å²) in [6.07, 6.45) is 1.56. The van der Waals surface area contributed by atoms with Crippen molar-refractivity contribution in [3.05, 3.63) is 0 Å². The van der Waals surface area contributed by atoms with Gasteiger partial charge in [-0.1, -0.05) is 13.8 Å². The van der Waals surface area contributed by atoms with Gasteiger partial charge >= 0.3 is 5.97 Å². The Hall–Kier alpha value is -0.610. The monoisotopic (exact) mass is 230 g/mol. The fourth-order valence-electron chi connectivity index (χ4n) is 2.22. The molecule has 16 heavy (non-hydrogen) atoms. The lowest BCUT2D eigenvalue weighted by atomic mass is 9.76. The van der Waals surface area contributed by atoms with Crippen LogP contribution in [-0.4, -0.2) is 36.8 Å². The van der Waals surface area contributed by atoms with Crippen LogP contribution in [-0.2, 0) is 4.79 Å². The highest BCUT2D eigenvalue weighted by molar-refractivity contribution is 5.73. The second-order valence-electron chi connectivity index (χ2n) is 5.86. The Morgan fingerprint density at radius 2 is 1.75 bits per heavy atom. The van der Waals surface area contributed by atoms with Crippen LogP contribution in [0.25, 0.3) is 0 Å². The van der Waals surface area contributed by atoms with E-state index in [9.17, 15) is 4.79 Å². The van der Waals surface area contributed by atoms with Gasteiger partial charge < -0.3 is 15.7 Å². The number of hydrogen-bond donors (Lipinski definition) is 3. The lowest BCUT2D eigenvalue weighted by molar-refractivity contribution is -0.140. The minimum Gasteiger partial charge on any atom is -0.480 e. The molecule has 0 heterocycles. The first kappa shape index (κ1) is 15.4. The summed E-state index contributed by atoms with van der Waals surface area (Å²) in [6, 6.07) is -0.470. The Balaban J connectivity index is 4.49. The Bertz CT molecular complexity index is 237. The van der Waals surface area contributed by atoms with Crippen LogP contribution in [0.5, 0.6) is 0 Å². The Morgan fingerprint density at radius 3 is 2.06 bits per heavy atom. The molecule has 0 rings (SSSR count). The molecule has 0 amide bonds. The van der Waals surface area contributed by atoms with Gasteiger partial charge in [-0.2, -0.15) is 0 Å². The smallest absolute Gasteiger partial charge is 0.320 e. The first-order valence-electron chi connectivity index (χ1n) is 5.72. The summed E-state index contributed by atoms with van der Waals surface area (Å²) in [5.41, 5.74) is 0.0128. The molecule has 0 bridgehead atoms. The van der Waals surface area contributed by atoms with Crippen molar-refractivity contribution in [3.63, 3.8) is 0 Å². The standard InChI is InChI=1S/C12H26N2O2/c1-11(2,8-12(3,4)14-6)7-9(13-5)10(15)16/h9,13-14H,7-8H2,1-6H3,(H,15,16). The number of likely N-dealkylation sites (N-methyl/N-ethyl adjacent to an activating group) is 1. The summed E-state index contributed by atoms with van der Waals surface area (Å²) >= 11 is 0. The number of carboxylic acids is 1. The van der Waals surface area contributed by atoms with Crippen LogP contribution in [0.1, 0.15) is 40.5 Å². The van der Waals surface area contributed by atoms with Crippen LogP contribution >= 0.6 is 0 Å². The third-order valence-electron chi connectivity index (χ3n) is 3.00. The molecule has 0 fully saturated rings. The van der Waals surface area contributed by atoms with Crippen molar-refractivity contribution in [2.45, 2.75) is 52.1 Å². The first-order valence-corrected chi connectivity index (χ1v) is 5.72. The number of aliphatic carboxylic acids is 1. The summed E-state index contributed by atoms with van der Waals surface area (Å²) in [4.78, 5) is 11.0. The summed E-state index contributed by atoms with van der Waals surface area (Å²) in [7, 11) is 3.63. The minimum absolute atomic E-state index is 0.0153. The molecule has 0 aromatic carbocycles. The summed E-state index contributed by atoms with van der Waals surface area (Å²) in [5, 5.41) is 15.1. The minimum atomic E-state index is -0.780. The highest BCUT2D eigenvalue weighted by atomic mass is 16.4. The topological polar surface area (TPSA) is 61.4 Å². The number of carbonyl (C=O) groups is 1. The van der Waals surface area contributed by atoms with Gasteiger partial charge in [0, 0.05) is 5.54 Å². The molecule has 0 aromatic rings. The zero-order valence-electron chi connectivity index (χ0n) is 11.3. The number of rotatable bonds is 7. The lowest BCUT2D eigenvalue weighted by Crippen LogP contribution is -2.44. The molecule has 0 aliphatic heterocycles. The SMILES string of the molecule is CNC(CC(C)(C)CC(C)(C)NC)C(=O)O. The van der Waals surface area contributed by atoms with Gasteiger partial charge in [0.15, 0.2) is 0 Å². The molecule has 0 saturated carbocycles. The fraction of sp³-hybridized carbons (Fsp3) is 0.917. The molecule has 0 aliphatic rings. The summed E-state index contributed by atoms with van der Waals surface area (Å²) in [5.74, 6) is -0.780. The van der Waals surface area contributed by atoms with E-state index in [2.05, 4.69) is 38.3 Å². The maximum absolute atomic E-state index is 11.0. The maximum Gasteiger partial charge on any atom is 0.320 e. The fourth-order valence-corrected chi connectivity index (χ4v) is 2.22. The van der Waals surface area contributed by atoms with E-state index in [1.807, 2.05) is 7.05 Å². The van der Waals surface area contributed by atoms with Gasteiger partial charge in [0.05, 0.1) is 0 Å². The van der Waals surface area contributed by atoms with Crippen LogP contribution < -0.4 is 10.6 Å². The molecule has 3 N–H and O–H groups in total. The van der Waals surface area contributed by atoms with Crippen molar-refractivity contribution < 1.29 is 9.90 Å². The molecule has 1 unspecified atom stereocenters. The van der Waals surface area contributed by atoms with Gasteiger partial charge in [0.2, 0.25) is 0 Å². The van der Waals surface area contributed by atoms with Crippen molar-refractivity contribution in [1.82, 2.24) is 10.6 Å². The average Bonchev–Trinajstić information content (AvgIpc) is 2.12. The van der Waals surface area contributed by atoms with E-state index in [4.69, 9.17) is 5.11 Å². The molecule has 0 radical (unpaired) electrons. The van der Waals surface area contributed by atoms with E-state index >= 15 is 0 Å². The van der Waals surface area contributed by atoms with E-state index in [0.29, 0.717) is 6.42 Å². The molecule has 4 heteroatoms. The van der Waals surface area contributed by atoms with Crippen LogP contribution in [0.4, 0.5) is 0 Å². The van der Waals surface area contributed by atoms with Crippen LogP contribution in [0.15, 0.2) is 0 Å². The maximum atomic E-state index is 11.0. The molecule has 96 valence electrons. The van der Waals surface area contributed by atoms with E-state index < -0.39 is 12.0 Å². The van der Waals surface area contributed by atoms with Crippen molar-refractivity contribution >= 4 is 5.97 Å².